The molecule has 2 aromatic rings. The van der Waals surface area contributed by atoms with Gasteiger partial charge in [-0.25, -0.2) is 0 Å². The van der Waals surface area contributed by atoms with Crippen LogP contribution < -0.4 is 10.2 Å². The van der Waals surface area contributed by atoms with Gasteiger partial charge in [-0.05, 0) is 61.4 Å². The summed E-state index contributed by atoms with van der Waals surface area (Å²) in [7, 11) is 2.98. The lowest BCUT2D eigenvalue weighted by atomic mass is 10.1. The van der Waals surface area contributed by atoms with E-state index in [1.54, 1.807) is 31.4 Å². The van der Waals surface area contributed by atoms with Crippen molar-refractivity contribution in [2.75, 3.05) is 19.6 Å². The molecule has 130 valence electrons. The smallest absolute Gasteiger partial charge is 0.214 e. The van der Waals surface area contributed by atoms with Gasteiger partial charge in [-0.3, -0.25) is 10.2 Å². The van der Waals surface area contributed by atoms with Gasteiger partial charge in [0, 0.05) is 5.56 Å². The first-order chi connectivity index (χ1) is 12.0. The minimum Gasteiger partial charge on any atom is -0.497 e. The lowest BCUT2D eigenvalue weighted by molar-refractivity contribution is 0.106. The van der Waals surface area contributed by atoms with Gasteiger partial charge in [0.15, 0.2) is 5.71 Å². The molecule has 0 heterocycles. The van der Waals surface area contributed by atoms with Crippen LogP contribution in [0.3, 0.4) is 0 Å². The SMILES string of the molecule is CO/N=C\C(=N\Nc1ccc(C)c(C)c1)C(=O)c1ccc(OC)cc1. The number of ether oxygens (including phenoxy) is 1. The van der Waals surface area contributed by atoms with E-state index < -0.39 is 0 Å². The number of nitrogens with one attached hydrogen (secondary N) is 1. The van der Waals surface area contributed by atoms with Crippen LogP contribution in [0.2, 0.25) is 0 Å². The van der Waals surface area contributed by atoms with E-state index in [-0.39, 0.29) is 11.5 Å². The molecule has 0 aliphatic heterocycles. The number of nitrogens with zero attached hydrogens (tertiary/aromatic N) is 2. The number of methoxy groups -OCH3 is 1. The molecule has 0 aromatic heterocycles. The van der Waals surface area contributed by atoms with Crippen molar-refractivity contribution >= 4 is 23.4 Å². The Morgan fingerprint density at radius 2 is 1.76 bits per heavy atom. The third-order valence-corrected chi connectivity index (χ3v) is 3.68. The molecular formula is C19H21N3O3. The highest BCUT2D eigenvalue weighted by atomic mass is 16.6. The summed E-state index contributed by atoms with van der Waals surface area (Å²) >= 11 is 0. The Bertz CT molecular complexity index is 796. The van der Waals surface area contributed by atoms with Crippen LogP contribution in [0.4, 0.5) is 5.69 Å². The number of hydrogen-bond acceptors (Lipinski definition) is 6. The molecule has 2 rings (SSSR count). The maximum Gasteiger partial charge on any atom is 0.214 e. The highest BCUT2D eigenvalue weighted by molar-refractivity contribution is 6.64. The second-order valence-electron chi connectivity index (χ2n) is 5.38. The van der Waals surface area contributed by atoms with Crippen LogP contribution in [0.25, 0.3) is 0 Å². The average Bonchev–Trinajstić information content (AvgIpc) is 2.64. The second kappa shape index (κ2) is 8.63. The summed E-state index contributed by atoms with van der Waals surface area (Å²) in [5.74, 6) is 0.397. The zero-order chi connectivity index (χ0) is 18.2. The molecule has 0 saturated carbocycles. The first-order valence-corrected chi connectivity index (χ1v) is 7.71. The van der Waals surface area contributed by atoms with Gasteiger partial charge in [-0.2, -0.15) is 5.10 Å². The van der Waals surface area contributed by atoms with Crippen LogP contribution in [0.5, 0.6) is 5.75 Å². The molecule has 0 fully saturated rings. The average molecular weight is 339 g/mol. The number of ketones is 1. The van der Waals surface area contributed by atoms with E-state index in [0.717, 1.165) is 11.3 Å². The number of Topliss-reactive ketones (excluding diaryl/α,β-unsaturated/α-hetero) is 1. The van der Waals surface area contributed by atoms with Crippen molar-refractivity contribution in [1.29, 1.82) is 0 Å². The van der Waals surface area contributed by atoms with Crippen molar-refractivity contribution < 1.29 is 14.4 Å². The van der Waals surface area contributed by atoms with E-state index in [1.807, 2.05) is 32.0 Å². The van der Waals surface area contributed by atoms with Gasteiger partial charge >= 0.3 is 0 Å². The van der Waals surface area contributed by atoms with Crippen LogP contribution in [0.1, 0.15) is 21.5 Å². The van der Waals surface area contributed by atoms with Gasteiger partial charge in [0.25, 0.3) is 0 Å². The number of aryl methyl sites for hydroxylation is 2. The number of benzene rings is 2. The number of oxime groups is 1. The Labute approximate surface area is 147 Å². The molecule has 0 unspecified atom stereocenters. The van der Waals surface area contributed by atoms with Crippen molar-refractivity contribution in [3.63, 3.8) is 0 Å². The predicted molar refractivity (Wildman–Crippen MR) is 99.8 cm³/mol. The summed E-state index contributed by atoms with van der Waals surface area (Å²) in [6.45, 7) is 4.05. The number of carbonyl (C=O) groups excluding carboxylic acids is 1. The number of rotatable bonds is 7. The summed E-state index contributed by atoms with van der Waals surface area (Å²) in [4.78, 5) is 17.3. The molecule has 0 radical (unpaired) electrons. The van der Waals surface area contributed by atoms with Crippen molar-refractivity contribution in [1.82, 2.24) is 0 Å². The van der Waals surface area contributed by atoms with Crippen molar-refractivity contribution in [2.45, 2.75) is 13.8 Å². The normalized spacial score (nSPS) is 11.4. The maximum atomic E-state index is 12.6. The Balaban J connectivity index is 2.25. The number of anilines is 1. The summed E-state index contributed by atoms with van der Waals surface area (Å²) in [5, 5.41) is 7.83. The molecule has 0 saturated heterocycles. The fourth-order valence-corrected chi connectivity index (χ4v) is 2.07. The molecule has 0 spiro atoms. The lowest BCUT2D eigenvalue weighted by Gasteiger charge is -2.06. The Hall–Kier alpha value is -3.15. The van der Waals surface area contributed by atoms with Crippen molar-refractivity contribution in [2.24, 2.45) is 10.3 Å². The maximum absolute atomic E-state index is 12.6. The number of carbonyl (C=O) groups is 1. The minimum absolute atomic E-state index is 0.130. The fourth-order valence-electron chi connectivity index (χ4n) is 2.07. The van der Waals surface area contributed by atoms with Crippen molar-refractivity contribution in [3.8, 4) is 5.75 Å². The van der Waals surface area contributed by atoms with E-state index in [1.165, 1.54) is 18.9 Å². The molecule has 0 bridgehead atoms. The van der Waals surface area contributed by atoms with Gasteiger partial charge in [-0.15, -0.1) is 0 Å². The molecule has 0 aliphatic rings. The first-order valence-electron chi connectivity index (χ1n) is 7.71. The van der Waals surface area contributed by atoms with Crippen LogP contribution in [0.15, 0.2) is 52.7 Å². The standard InChI is InChI=1S/C19H21N3O3/c1-13-5-8-16(11-14(13)2)21-22-18(12-20-25-4)19(23)15-6-9-17(24-3)10-7-15/h5-12,21H,1-4H3/b20-12-,22-18-. The highest BCUT2D eigenvalue weighted by Gasteiger charge is 2.13. The quantitative estimate of drug-likeness (QED) is 0.475. The Kier molecular flexibility index (Phi) is 6.28. The fraction of sp³-hybridized carbons (Fsp3) is 0.211. The summed E-state index contributed by atoms with van der Waals surface area (Å²) in [6, 6.07) is 12.6. The molecule has 6 nitrogen and oxygen atoms in total. The van der Waals surface area contributed by atoms with Gasteiger partial charge in [-0.1, -0.05) is 11.2 Å². The third-order valence-electron chi connectivity index (χ3n) is 3.68. The zero-order valence-electron chi connectivity index (χ0n) is 14.7. The minimum atomic E-state index is -0.278. The summed E-state index contributed by atoms with van der Waals surface area (Å²) in [6.07, 6.45) is 1.28. The van der Waals surface area contributed by atoms with Gasteiger partial charge in [0.05, 0.1) is 19.0 Å². The van der Waals surface area contributed by atoms with Crippen LogP contribution in [-0.2, 0) is 4.84 Å². The van der Waals surface area contributed by atoms with Gasteiger partial charge in [0.1, 0.15) is 12.9 Å². The molecule has 6 heteroatoms. The van der Waals surface area contributed by atoms with Gasteiger partial charge < -0.3 is 9.57 Å². The molecular weight excluding hydrogens is 318 g/mol. The van der Waals surface area contributed by atoms with Crippen LogP contribution >= 0.6 is 0 Å². The summed E-state index contributed by atoms with van der Waals surface area (Å²) < 4.78 is 5.10. The van der Waals surface area contributed by atoms with E-state index in [9.17, 15) is 4.79 Å². The topological polar surface area (TPSA) is 72.3 Å². The summed E-state index contributed by atoms with van der Waals surface area (Å²) in [5.41, 5.74) is 6.60. The number of hydrogen-bond donors (Lipinski definition) is 1. The number of hydrazone groups is 1. The molecule has 2 aromatic carbocycles. The van der Waals surface area contributed by atoms with E-state index in [4.69, 9.17) is 4.74 Å². The van der Waals surface area contributed by atoms with Crippen LogP contribution in [-0.4, -0.2) is 31.9 Å². The third kappa shape index (κ3) is 4.91. The van der Waals surface area contributed by atoms with Crippen molar-refractivity contribution in [3.05, 3.63) is 59.2 Å². The molecule has 0 atom stereocenters. The Morgan fingerprint density at radius 3 is 2.36 bits per heavy atom. The van der Waals surface area contributed by atoms with E-state index in [2.05, 4.69) is 20.5 Å². The first kappa shape index (κ1) is 18.2. The highest BCUT2D eigenvalue weighted by Crippen LogP contribution is 2.15. The predicted octanol–water partition coefficient (Wildman–Crippen LogP) is 3.60. The van der Waals surface area contributed by atoms with Crippen LogP contribution in [0, 0.1) is 13.8 Å². The van der Waals surface area contributed by atoms with E-state index >= 15 is 0 Å². The second-order valence-corrected chi connectivity index (χ2v) is 5.38. The monoisotopic (exact) mass is 339 g/mol. The molecule has 1 N–H and O–H groups in total. The van der Waals surface area contributed by atoms with Gasteiger partial charge in [0.2, 0.25) is 5.78 Å². The van der Waals surface area contributed by atoms with E-state index in [0.29, 0.717) is 11.3 Å². The molecule has 25 heavy (non-hydrogen) atoms. The lowest BCUT2D eigenvalue weighted by Crippen LogP contribution is -2.18. The Morgan fingerprint density at radius 1 is 1.04 bits per heavy atom. The molecule has 0 aliphatic carbocycles. The zero-order valence-corrected chi connectivity index (χ0v) is 14.7. The molecule has 0 amide bonds. The largest absolute Gasteiger partial charge is 0.497 e.